The Balaban J connectivity index is 1.77. The zero-order valence-corrected chi connectivity index (χ0v) is 17.9. The fourth-order valence-electron chi connectivity index (χ4n) is 3.05. The molecule has 2 N–H and O–H groups in total. The fourth-order valence-corrected chi connectivity index (χ4v) is 3.57. The molecule has 0 atom stereocenters. The van der Waals surface area contributed by atoms with E-state index in [4.69, 9.17) is 9.47 Å². The van der Waals surface area contributed by atoms with E-state index < -0.39 is 33.3 Å². The predicted molar refractivity (Wildman–Crippen MR) is 109 cm³/mol. The van der Waals surface area contributed by atoms with Crippen LogP contribution in [0.2, 0.25) is 0 Å². The monoisotopic (exact) mass is 462 g/mol. The van der Waals surface area contributed by atoms with Crippen LogP contribution in [0.4, 0.5) is 4.39 Å². The normalized spacial score (nSPS) is 21.4. The molecule has 168 valence electrons. The van der Waals surface area contributed by atoms with Gasteiger partial charge >= 0.3 is 5.97 Å². The van der Waals surface area contributed by atoms with E-state index in [1.54, 1.807) is 0 Å². The maximum Gasteiger partial charge on any atom is 0.314 e. The van der Waals surface area contributed by atoms with Crippen LogP contribution in [-0.2, 0) is 24.1 Å². The third-order valence-electron chi connectivity index (χ3n) is 4.91. The molecular formula is C20H19FN4O6S. The average molecular weight is 462 g/mol. The molecule has 4 rings (SSSR count). The maximum absolute atomic E-state index is 13.4. The molecule has 0 spiro atoms. The van der Waals surface area contributed by atoms with Crippen molar-refractivity contribution in [3.05, 3.63) is 48.2 Å². The van der Waals surface area contributed by atoms with Gasteiger partial charge in [-0.2, -0.15) is 0 Å². The van der Waals surface area contributed by atoms with Gasteiger partial charge in [0.2, 0.25) is 21.3 Å². The van der Waals surface area contributed by atoms with Gasteiger partial charge in [0, 0.05) is 18.0 Å². The summed E-state index contributed by atoms with van der Waals surface area (Å²) in [6.07, 6.45) is 1.32. The number of benzene rings is 1. The minimum absolute atomic E-state index is 0.0966. The van der Waals surface area contributed by atoms with E-state index in [1.807, 2.05) is 0 Å². The molecule has 0 radical (unpaired) electrons. The standard InChI is InChI=1S/C20H19FN4O6S/c1-20(18(26)27)9-30-17(31-10-20)16-24-14(11-3-5-12(21)6-4-11)15(25-16)13-7-8-22-19(23-13)32(2,28)29/h3-8,17H,9-10H2,1-2H3,(H,24,25)(H,26,27). The molecule has 0 unspecified atom stereocenters. The van der Waals surface area contributed by atoms with Crippen molar-refractivity contribution < 1.29 is 32.2 Å². The number of sulfone groups is 1. The summed E-state index contributed by atoms with van der Waals surface area (Å²) in [6, 6.07) is 7.06. The van der Waals surface area contributed by atoms with Crippen LogP contribution in [0.1, 0.15) is 19.0 Å². The summed E-state index contributed by atoms with van der Waals surface area (Å²) in [6.45, 7) is 1.32. The first-order valence-corrected chi connectivity index (χ1v) is 11.3. The Morgan fingerprint density at radius 3 is 2.44 bits per heavy atom. The van der Waals surface area contributed by atoms with E-state index >= 15 is 0 Å². The van der Waals surface area contributed by atoms with Crippen molar-refractivity contribution in [3.63, 3.8) is 0 Å². The molecule has 0 bridgehead atoms. The van der Waals surface area contributed by atoms with Crippen LogP contribution in [0, 0.1) is 11.2 Å². The first-order chi connectivity index (χ1) is 15.1. The van der Waals surface area contributed by atoms with Crippen LogP contribution in [0.5, 0.6) is 0 Å². The highest BCUT2D eigenvalue weighted by atomic mass is 32.2. The Bertz CT molecular complexity index is 1270. The van der Waals surface area contributed by atoms with Gasteiger partial charge in [0.1, 0.15) is 11.2 Å². The number of carbonyl (C=O) groups is 1. The number of carboxylic acid groups (broad SMARTS) is 1. The van der Waals surface area contributed by atoms with Crippen molar-refractivity contribution in [3.8, 4) is 22.6 Å². The second-order valence-corrected chi connectivity index (χ2v) is 9.58. The minimum atomic E-state index is -3.66. The zero-order valence-electron chi connectivity index (χ0n) is 17.1. The Labute approximate surface area is 182 Å². The smallest absolute Gasteiger partial charge is 0.314 e. The highest BCUT2D eigenvalue weighted by Gasteiger charge is 2.41. The fraction of sp³-hybridized carbons (Fsp3) is 0.300. The van der Waals surface area contributed by atoms with Crippen LogP contribution in [0.15, 0.2) is 41.7 Å². The molecule has 32 heavy (non-hydrogen) atoms. The van der Waals surface area contributed by atoms with E-state index in [1.165, 1.54) is 43.5 Å². The summed E-state index contributed by atoms with van der Waals surface area (Å²) < 4.78 is 48.4. The van der Waals surface area contributed by atoms with Crippen LogP contribution in [0.3, 0.4) is 0 Å². The number of aromatic nitrogens is 4. The molecule has 1 saturated heterocycles. The molecule has 12 heteroatoms. The first-order valence-electron chi connectivity index (χ1n) is 9.43. The first kappa shape index (κ1) is 22.0. The van der Waals surface area contributed by atoms with Crippen molar-refractivity contribution >= 4 is 15.8 Å². The van der Waals surface area contributed by atoms with Crippen LogP contribution < -0.4 is 0 Å². The number of hydrogen-bond acceptors (Lipinski definition) is 8. The molecule has 3 aromatic rings. The van der Waals surface area contributed by atoms with Gasteiger partial charge in [-0.25, -0.2) is 27.8 Å². The van der Waals surface area contributed by atoms with E-state index in [9.17, 15) is 22.7 Å². The van der Waals surface area contributed by atoms with Gasteiger partial charge in [-0.05, 0) is 37.3 Å². The molecule has 10 nitrogen and oxygen atoms in total. The molecule has 3 heterocycles. The lowest BCUT2D eigenvalue weighted by Gasteiger charge is -2.33. The Kier molecular flexibility index (Phi) is 5.53. The molecule has 1 aliphatic rings. The number of hydrogen-bond donors (Lipinski definition) is 2. The summed E-state index contributed by atoms with van der Waals surface area (Å²) >= 11 is 0. The zero-order chi connectivity index (χ0) is 23.1. The molecule has 0 aliphatic carbocycles. The third-order valence-corrected chi connectivity index (χ3v) is 5.77. The number of rotatable bonds is 5. The quantitative estimate of drug-likeness (QED) is 0.545. The van der Waals surface area contributed by atoms with Crippen molar-refractivity contribution in [1.82, 2.24) is 19.9 Å². The third kappa shape index (κ3) is 4.24. The maximum atomic E-state index is 13.4. The summed E-state index contributed by atoms with van der Waals surface area (Å²) in [7, 11) is -3.66. The minimum Gasteiger partial charge on any atom is -0.481 e. The van der Waals surface area contributed by atoms with Gasteiger partial charge < -0.3 is 19.6 Å². The number of carboxylic acids is 1. The number of nitrogens with one attached hydrogen (secondary N) is 1. The highest BCUT2D eigenvalue weighted by Crippen LogP contribution is 2.35. The number of aromatic amines is 1. The SMILES string of the molecule is CC1(C(=O)O)COC(c2nc(-c3ccc(F)cc3)c(-c3ccnc(S(C)(=O)=O)n3)[nH]2)OC1. The van der Waals surface area contributed by atoms with Gasteiger partial charge in [-0.3, -0.25) is 4.79 Å². The van der Waals surface area contributed by atoms with Crippen molar-refractivity contribution in [2.45, 2.75) is 18.4 Å². The highest BCUT2D eigenvalue weighted by molar-refractivity contribution is 7.90. The van der Waals surface area contributed by atoms with E-state index in [2.05, 4.69) is 19.9 Å². The van der Waals surface area contributed by atoms with Crippen LogP contribution >= 0.6 is 0 Å². The lowest BCUT2D eigenvalue weighted by Crippen LogP contribution is -2.42. The number of H-pyrrole nitrogens is 1. The molecule has 1 aliphatic heterocycles. The number of aliphatic carboxylic acids is 1. The lowest BCUT2D eigenvalue weighted by molar-refractivity contribution is -0.236. The second-order valence-electron chi connectivity index (χ2n) is 7.67. The Morgan fingerprint density at radius 1 is 1.19 bits per heavy atom. The average Bonchev–Trinajstić information content (AvgIpc) is 3.19. The topological polar surface area (TPSA) is 144 Å². The second kappa shape index (κ2) is 8.04. The van der Waals surface area contributed by atoms with Crippen molar-refractivity contribution in [2.75, 3.05) is 19.5 Å². The molecular weight excluding hydrogens is 443 g/mol. The Morgan fingerprint density at radius 2 is 1.84 bits per heavy atom. The van der Waals surface area contributed by atoms with Crippen molar-refractivity contribution in [1.29, 1.82) is 0 Å². The predicted octanol–water partition coefficient (Wildman–Crippen LogP) is 2.21. The number of imidazole rings is 1. The summed E-state index contributed by atoms with van der Waals surface area (Å²) in [5, 5.41) is 8.97. The summed E-state index contributed by atoms with van der Waals surface area (Å²) in [4.78, 5) is 26.9. The Hall–Kier alpha value is -3.22. The number of halogens is 1. The summed E-state index contributed by atoms with van der Waals surface area (Å²) in [5.74, 6) is -1.25. The van der Waals surface area contributed by atoms with Gasteiger partial charge in [0.15, 0.2) is 5.82 Å². The van der Waals surface area contributed by atoms with Gasteiger partial charge in [0.25, 0.3) is 0 Å². The van der Waals surface area contributed by atoms with Gasteiger partial charge in [-0.15, -0.1) is 0 Å². The lowest BCUT2D eigenvalue weighted by atomic mass is 9.92. The number of ether oxygens (including phenoxy) is 2. The van der Waals surface area contributed by atoms with E-state index in [-0.39, 0.29) is 29.9 Å². The molecule has 0 amide bonds. The molecule has 2 aromatic heterocycles. The van der Waals surface area contributed by atoms with E-state index in [0.29, 0.717) is 17.0 Å². The molecule has 1 aromatic carbocycles. The van der Waals surface area contributed by atoms with Crippen LogP contribution in [0.25, 0.3) is 22.6 Å². The summed E-state index contributed by atoms with van der Waals surface area (Å²) in [5.41, 5.74) is 0.289. The number of nitrogens with zero attached hydrogens (tertiary/aromatic N) is 3. The van der Waals surface area contributed by atoms with Crippen molar-refractivity contribution in [2.24, 2.45) is 5.41 Å². The largest absolute Gasteiger partial charge is 0.481 e. The van der Waals surface area contributed by atoms with Crippen LogP contribution in [-0.4, -0.2) is 58.9 Å². The van der Waals surface area contributed by atoms with Gasteiger partial charge in [-0.1, -0.05) is 0 Å². The van der Waals surface area contributed by atoms with E-state index in [0.717, 1.165) is 6.26 Å². The molecule has 1 fully saturated rings. The molecule has 0 saturated carbocycles. The van der Waals surface area contributed by atoms with Gasteiger partial charge in [0.05, 0.1) is 30.3 Å².